The summed E-state index contributed by atoms with van der Waals surface area (Å²) in [4.78, 5) is 2.68. The Labute approximate surface area is 110 Å². The van der Waals surface area contributed by atoms with Crippen molar-refractivity contribution in [3.8, 4) is 0 Å². The highest BCUT2D eigenvalue weighted by Crippen LogP contribution is 2.36. The molecule has 3 atom stereocenters. The zero-order valence-corrected chi connectivity index (χ0v) is 11.5. The molecule has 2 nitrogen and oxygen atoms in total. The van der Waals surface area contributed by atoms with E-state index in [1.165, 1.54) is 24.9 Å². The predicted molar refractivity (Wildman–Crippen MR) is 75.5 cm³/mol. The highest BCUT2D eigenvalue weighted by molar-refractivity contribution is 5.19. The van der Waals surface area contributed by atoms with E-state index in [1.54, 1.807) is 0 Å². The van der Waals surface area contributed by atoms with E-state index < -0.39 is 0 Å². The van der Waals surface area contributed by atoms with Crippen LogP contribution in [0.5, 0.6) is 0 Å². The van der Waals surface area contributed by atoms with Crippen LogP contribution in [0.15, 0.2) is 30.3 Å². The molecule has 0 radical (unpaired) electrons. The number of nitrogens with zero attached hydrogens (tertiary/aromatic N) is 1. The van der Waals surface area contributed by atoms with Crippen LogP contribution in [-0.2, 0) is 0 Å². The zero-order valence-electron chi connectivity index (χ0n) is 11.5. The SMILES string of the molecule is CC1CNC(C2CC2)CN1C(C)c1ccccc1. The summed E-state index contributed by atoms with van der Waals surface area (Å²) >= 11 is 0. The molecule has 1 aliphatic heterocycles. The van der Waals surface area contributed by atoms with Crippen LogP contribution in [-0.4, -0.2) is 30.1 Å². The second kappa shape index (κ2) is 5.02. The topological polar surface area (TPSA) is 15.3 Å². The van der Waals surface area contributed by atoms with E-state index in [9.17, 15) is 0 Å². The molecule has 2 heteroatoms. The highest BCUT2D eigenvalue weighted by Gasteiger charge is 2.37. The molecule has 98 valence electrons. The average Bonchev–Trinajstić information content (AvgIpc) is 3.24. The van der Waals surface area contributed by atoms with Gasteiger partial charge in [-0.1, -0.05) is 30.3 Å². The first-order chi connectivity index (χ1) is 8.75. The van der Waals surface area contributed by atoms with Gasteiger partial charge in [-0.3, -0.25) is 4.90 Å². The molecule has 0 amide bonds. The number of rotatable bonds is 3. The van der Waals surface area contributed by atoms with Crippen LogP contribution in [0, 0.1) is 5.92 Å². The molecule has 0 bridgehead atoms. The van der Waals surface area contributed by atoms with E-state index in [2.05, 4.69) is 54.4 Å². The molecule has 1 heterocycles. The first kappa shape index (κ1) is 12.2. The third-order valence-corrected chi connectivity index (χ3v) is 4.62. The maximum atomic E-state index is 3.73. The molecule has 1 saturated carbocycles. The van der Waals surface area contributed by atoms with E-state index in [4.69, 9.17) is 0 Å². The summed E-state index contributed by atoms with van der Waals surface area (Å²) in [7, 11) is 0. The van der Waals surface area contributed by atoms with Gasteiger partial charge in [-0.2, -0.15) is 0 Å². The Bertz CT molecular complexity index is 385. The second-order valence-corrected chi connectivity index (χ2v) is 5.98. The van der Waals surface area contributed by atoms with Gasteiger partial charge >= 0.3 is 0 Å². The first-order valence-corrected chi connectivity index (χ1v) is 7.30. The third-order valence-electron chi connectivity index (χ3n) is 4.62. The van der Waals surface area contributed by atoms with Gasteiger partial charge in [-0.05, 0) is 38.2 Å². The maximum absolute atomic E-state index is 3.73. The summed E-state index contributed by atoms with van der Waals surface area (Å²) < 4.78 is 0. The van der Waals surface area contributed by atoms with Gasteiger partial charge in [-0.25, -0.2) is 0 Å². The molecular weight excluding hydrogens is 220 g/mol. The molecule has 2 fully saturated rings. The van der Waals surface area contributed by atoms with Crippen LogP contribution in [0.2, 0.25) is 0 Å². The monoisotopic (exact) mass is 244 g/mol. The maximum Gasteiger partial charge on any atom is 0.0323 e. The van der Waals surface area contributed by atoms with Gasteiger partial charge in [0.05, 0.1) is 0 Å². The van der Waals surface area contributed by atoms with Crippen molar-refractivity contribution in [1.82, 2.24) is 10.2 Å². The van der Waals surface area contributed by atoms with Crippen LogP contribution in [0.1, 0.15) is 38.3 Å². The lowest BCUT2D eigenvalue weighted by atomic mass is 10.00. The molecule has 1 saturated heterocycles. The van der Waals surface area contributed by atoms with Crippen molar-refractivity contribution in [1.29, 1.82) is 0 Å². The first-order valence-electron chi connectivity index (χ1n) is 7.30. The Hall–Kier alpha value is -0.860. The van der Waals surface area contributed by atoms with Gasteiger partial charge in [0.1, 0.15) is 0 Å². The van der Waals surface area contributed by atoms with Crippen LogP contribution < -0.4 is 5.32 Å². The lowest BCUT2D eigenvalue weighted by Crippen LogP contribution is -2.56. The minimum Gasteiger partial charge on any atom is -0.311 e. The van der Waals surface area contributed by atoms with Crippen molar-refractivity contribution in [2.24, 2.45) is 5.92 Å². The van der Waals surface area contributed by atoms with E-state index in [0.717, 1.165) is 18.5 Å². The fourth-order valence-corrected chi connectivity index (χ4v) is 3.19. The Morgan fingerprint density at radius 3 is 2.61 bits per heavy atom. The molecular formula is C16H24N2. The van der Waals surface area contributed by atoms with E-state index in [1.807, 2.05) is 0 Å². The molecule has 18 heavy (non-hydrogen) atoms. The van der Waals surface area contributed by atoms with Crippen molar-refractivity contribution < 1.29 is 0 Å². The normalized spacial score (nSPS) is 31.2. The molecule has 1 N–H and O–H groups in total. The summed E-state index contributed by atoms with van der Waals surface area (Å²) in [5.41, 5.74) is 1.45. The predicted octanol–water partition coefficient (Wildman–Crippen LogP) is 2.82. The Balaban J connectivity index is 1.72. The van der Waals surface area contributed by atoms with E-state index in [0.29, 0.717) is 12.1 Å². The fraction of sp³-hybridized carbons (Fsp3) is 0.625. The number of piperazine rings is 1. The Kier molecular flexibility index (Phi) is 3.40. The number of benzene rings is 1. The van der Waals surface area contributed by atoms with Gasteiger partial charge in [0.2, 0.25) is 0 Å². The van der Waals surface area contributed by atoms with Crippen molar-refractivity contribution >= 4 is 0 Å². The second-order valence-electron chi connectivity index (χ2n) is 5.98. The Morgan fingerprint density at radius 2 is 1.94 bits per heavy atom. The molecule has 1 aromatic rings. The zero-order chi connectivity index (χ0) is 12.5. The highest BCUT2D eigenvalue weighted by atomic mass is 15.3. The molecule has 0 aromatic heterocycles. The van der Waals surface area contributed by atoms with Crippen LogP contribution in [0.3, 0.4) is 0 Å². The smallest absolute Gasteiger partial charge is 0.0323 e. The van der Waals surface area contributed by atoms with Gasteiger partial charge in [0.25, 0.3) is 0 Å². The van der Waals surface area contributed by atoms with Crippen molar-refractivity contribution in [3.63, 3.8) is 0 Å². The van der Waals surface area contributed by atoms with Crippen molar-refractivity contribution in [2.45, 2.75) is 44.8 Å². The number of nitrogens with one attached hydrogen (secondary N) is 1. The van der Waals surface area contributed by atoms with Gasteiger partial charge < -0.3 is 5.32 Å². The van der Waals surface area contributed by atoms with Crippen LogP contribution in [0.4, 0.5) is 0 Å². The molecule has 1 aromatic carbocycles. The lowest BCUT2D eigenvalue weighted by Gasteiger charge is -2.42. The third kappa shape index (κ3) is 2.45. The lowest BCUT2D eigenvalue weighted by molar-refractivity contribution is 0.0924. The number of hydrogen-bond donors (Lipinski definition) is 1. The summed E-state index contributed by atoms with van der Waals surface area (Å²) in [6, 6.07) is 12.8. The molecule has 0 spiro atoms. The molecule has 3 unspecified atom stereocenters. The van der Waals surface area contributed by atoms with Crippen LogP contribution in [0.25, 0.3) is 0 Å². The summed E-state index contributed by atoms with van der Waals surface area (Å²) in [5.74, 6) is 0.947. The largest absolute Gasteiger partial charge is 0.311 e. The van der Waals surface area contributed by atoms with Gasteiger partial charge in [-0.15, -0.1) is 0 Å². The number of hydrogen-bond acceptors (Lipinski definition) is 2. The summed E-state index contributed by atoms with van der Waals surface area (Å²) in [6.45, 7) is 7.04. The summed E-state index contributed by atoms with van der Waals surface area (Å²) in [5, 5.41) is 3.73. The average molecular weight is 244 g/mol. The molecule has 2 aliphatic rings. The minimum absolute atomic E-state index is 0.532. The Morgan fingerprint density at radius 1 is 1.22 bits per heavy atom. The van der Waals surface area contributed by atoms with Crippen molar-refractivity contribution in [2.75, 3.05) is 13.1 Å². The quantitative estimate of drug-likeness (QED) is 0.879. The van der Waals surface area contributed by atoms with Gasteiger partial charge in [0, 0.05) is 31.2 Å². The van der Waals surface area contributed by atoms with E-state index in [-0.39, 0.29) is 0 Å². The van der Waals surface area contributed by atoms with E-state index >= 15 is 0 Å². The summed E-state index contributed by atoms with van der Waals surface area (Å²) in [6.07, 6.45) is 2.86. The standard InChI is InChI=1S/C16H24N2/c1-12-10-17-16(15-8-9-15)11-18(12)13(2)14-6-4-3-5-7-14/h3-7,12-13,15-17H,8-11H2,1-2H3. The minimum atomic E-state index is 0.532. The van der Waals surface area contributed by atoms with Crippen LogP contribution >= 0.6 is 0 Å². The molecule has 3 rings (SSSR count). The fourth-order valence-electron chi connectivity index (χ4n) is 3.19. The van der Waals surface area contributed by atoms with Gasteiger partial charge in [0.15, 0.2) is 0 Å². The molecule has 1 aliphatic carbocycles. The van der Waals surface area contributed by atoms with Crippen molar-refractivity contribution in [3.05, 3.63) is 35.9 Å².